The minimum Gasteiger partial charge on any atom is -0.485 e. The monoisotopic (exact) mass is 350 g/mol. The molecule has 0 fully saturated rings. The summed E-state index contributed by atoms with van der Waals surface area (Å²) >= 11 is 17.6. The first-order valence-corrected chi connectivity index (χ1v) is 7.33. The summed E-state index contributed by atoms with van der Waals surface area (Å²) in [5.41, 5.74) is 0.348. The highest BCUT2D eigenvalue weighted by molar-refractivity contribution is 6.36. The van der Waals surface area contributed by atoms with E-state index in [1.54, 1.807) is 18.2 Å². The molecule has 0 saturated carbocycles. The van der Waals surface area contributed by atoms with Crippen molar-refractivity contribution in [1.29, 1.82) is 0 Å². The Morgan fingerprint density at radius 1 is 1.05 bits per heavy atom. The van der Waals surface area contributed by atoms with E-state index in [1.807, 2.05) is 0 Å². The number of benzene rings is 2. The zero-order valence-corrected chi connectivity index (χ0v) is 13.0. The van der Waals surface area contributed by atoms with Crippen LogP contribution in [0.5, 0.6) is 5.75 Å². The first kappa shape index (κ1) is 16.3. The van der Waals surface area contributed by atoms with Gasteiger partial charge < -0.3 is 4.74 Å². The van der Waals surface area contributed by atoms with Crippen molar-refractivity contribution in [2.24, 2.45) is 0 Å². The van der Waals surface area contributed by atoms with Gasteiger partial charge in [0.2, 0.25) is 0 Å². The summed E-state index contributed by atoms with van der Waals surface area (Å²) in [5.74, 6) is -2.94. The molecule has 2 aromatic rings. The minimum atomic E-state index is -3.13. The van der Waals surface area contributed by atoms with Crippen LogP contribution in [0.2, 0.25) is 10.0 Å². The zero-order valence-electron chi connectivity index (χ0n) is 10.8. The van der Waals surface area contributed by atoms with Crippen LogP contribution >= 0.6 is 34.8 Å². The molecule has 0 bridgehead atoms. The van der Waals surface area contributed by atoms with Gasteiger partial charge in [0, 0.05) is 16.1 Å². The van der Waals surface area contributed by atoms with Crippen molar-refractivity contribution in [2.45, 2.75) is 11.8 Å². The Labute approximate surface area is 136 Å². The van der Waals surface area contributed by atoms with Crippen LogP contribution in [-0.4, -0.2) is 6.61 Å². The van der Waals surface area contributed by atoms with Crippen molar-refractivity contribution < 1.29 is 13.5 Å². The number of hydrogen-bond acceptors (Lipinski definition) is 1. The number of halogens is 5. The van der Waals surface area contributed by atoms with Crippen molar-refractivity contribution >= 4 is 34.8 Å². The first-order valence-electron chi connectivity index (χ1n) is 6.04. The molecule has 21 heavy (non-hydrogen) atoms. The molecule has 0 radical (unpaired) electrons. The average molecular weight is 352 g/mol. The maximum absolute atomic E-state index is 14.1. The molecule has 2 aromatic carbocycles. The van der Waals surface area contributed by atoms with Gasteiger partial charge in [0.15, 0.2) is 6.61 Å². The molecule has 0 aliphatic carbocycles. The highest BCUT2D eigenvalue weighted by Gasteiger charge is 2.33. The molecule has 0 heterocycles. The molecule has 0 spiro atoms. The summed E-state index contributed by atoms with van der Waals surface area (Å²) in [6.07, 6.45) is 0. The SMILES string of the molecule is FC(F)(COc1c(Cl)cc(Cl)cc1CCl)c1ccccc1. The normalized spacial score (nSPS) is 11.5. The van der Waals surface area contributed by atoms with Crippen molar-refractivity contribution in [1.82, 2.24) is 0 Å². The molecule has 0 saturated heterocycles. The first-order chi connectivity index (χ1) is 9.94. The second-order valence-electron chi connectivity index (χ2n) is 4.37. The fraction of sp³-hybridized carbons (Fsp3) is 0.200. The topological polar surface area (TPSA) is 9.23 Å². The molecule has 0 N–H and O–H groups in total. The highest BCUT2D eigenvalue weighted by atomic mass is 35.5. The van der Waals surface area contributed by atoms with Crippen molar-refractivity contribution in [3.63, 3.8) is 0 Å². The Morgan fingerprint density at radius 2 is 1.71 bits per heavy atom. The highest BCUT2D eigenvalue weighted by Crippen LogP contribution is 2.36. The van der Waals surface area contributed by atoms with E-state index in [0.717, 1.165) is 0 Å². The number of rotatable bonds is 5. The van der Waals surface area contributed by atoms with Crippen LogP contribution in [0.15, 0.2) is 42.5 Å². The third-order valence-corrected chi connectivity index (χ3v) is 3.61. The predicted octanol–water partition coefficient (Wildman–Crippen LogP) is 5.90. The summed E-state index contributed by atoms with van der Waals surface area (Å²) in [5, 5.41) is 0.528. The minimum absolute atomic E-state index is 0.0620. The van der Waals surface area contributed by atoms with Crippen LogP contribution in [0.3, 0.4) is 0 Å². The molecule has 0 aliphatic heterocycles. The van der Waals surface area contributed by atoms with Gasteiger partial charge in [-0.05, 0) is 12.1 Å². The lowest BCUT2D eigenvalue weighted by molar-refractivity contribution is -0.0468. The molecule has 0 aliphatic rings. The third kappa shape index (κ3) is 4.00. The van der Waals surface area contributed by atoms with E-state index in [2.05, 4.69) is 0 Å². The van der Waals surface area contributed by atoms with Gasteiger partial charge in [-0.15, -0.1) is 11.6 Å². The maximum atomic E-state index is 14.1. The summed E-state index contributed by atoms with van der Waals surface area (Å²) in [6.45, 7) is -0.831. The van der Waals surface area contributed by atoms with E-state index < -0.39 is 12.5 Å². The standard InChI is InChI=1S/C15H11Cl3F2O/c16-8-10-6-12(17)7-13(18)14(10)21-9-15(19,20)11-4-2-1-3-5-11/h1-7H,8-9H2. The second kappa shape index (κ2) is 6.82. The molecule has 0 aromatic heterocycles. The largest absolute Gasteiger partial charge is 0.485 e. The zero-order chi connectivity index (χ0) is 15.5. The molecular formula is C15H11Cl3F2O. The lowest BCUT2D eigenvalue weighted by atomic mass is 10.1. The quantitative estimate of drug-likeness (QED) is 0.609. The summed E-state index contributed by atoms with van der Waals surface area (Å²) in [7, 11) is 0. The van der Waals surface area contributed by atoms with E-state index in [1.165, 1.54) is 24.3 Å². The van der Waals surface area contributed by atoms with Gasteiger partial charge in [0.05, 0.1) is 10.9 Å². The van der Waals surface area contributed by atoms with Crippen molar-refractivity contribution in [3.05, 3.63) is 63.6 Å². The van der Waals surface area contributed by atoms with Crippen LogP contribution in [0, 0.1) is 0 Å². The van der Waals surface area contributed by atoms with Crippen LogP contribution in [0.25, 0.3) is 0 Å². The molecule has 112 valence electrons. The Morgan fingerprint density at radius 3 is 2.33 bits per heavy atom. The smallest absolute Gasteiger partial charge is 0.306 e. The van der Waals surface area contributed by atoms with E-state index in [4.69, 9.17) is 39.5 Å². The number of ether oxygens (including phenoxy) is 1. The maximum Gasteiger partial charge on any atom is 0.306 e. The second-order valence-corrected chi connectivity index (χ2v) is 5.48. The van der Waals surface area contributed by atoms with E-state index in [-0.39, 0.29) is 22.2 Å². The molecule has 0 amide bonds. The number of alkyl halides is 3. The predicted molar refractivity (Wildman–Crippen MR) is 81.9 cm³/mol. The summed E-state index contributed by atoms with van der Waals surface area (Å²) in [6, 6.07) is 10.4. The fourth-order valence-electron chi connectivity index (χ4n) is 1.80. The van der Waals surface area contributed by atoms with Crippen LogP contribution < -0.4 is 4.74 Å². The van der Waals surface area contributed by atoms with Gasteiger partial charge in [-0.3, -0.25) is 0 Å². The molecular weight excluding hydrogens is 341 g/mol. The summed E-state index contributed by atoms with van der Waals surface area (Å²) in [4.78, 5) is 0. The summed E-state index contributed by atoms with van der Waals surface area (Å²) < 4.78 is 33.3. The van der Waals surface area contributed by atoms with Gasteiger partial charge in [-0.25, -0.2) is 0 Å². The molecule has 0 atom stereocenters. The van der Waals surface area contributed by atoms with Crippen molar-refractivity contribution in [2.75, 3.05) is 6.61 Å². The van der Waals surface area contributed by atoms with Gasteiger partial charge in [0.25, 0.3) is 0 Å². The van der Waals surface area contributed by atoms with Gasteiger partial charge >= 0.3 is 5.92 Å². The van der Waals surface area contributed by atoms with Gasteiger partial charge in [-0.2, -0.15) is 8.78 Å². The van der Waals surface area contributed by atoms with Crippen LogP contribution in [0.4, 0.5) is 8.78 Å². The van der Waals surface area contributed by atoms with E-state index in [9.17, 15) is 8.78 Å². The molecule has 0 unspecified atom stereocenters. The van der Waals surface area contributed by atoms with Gasteiger partial charge in [0.1, 0.15) is 5.75 Å². The average Bonchev–Trinajstić information content (AvgIpc) is 2.46. The van der Waals surface area contributed by atoms with E-state index in [0.29, 0.717) is 10.6 Å². The fourth-order valence-corrected chi connectivity index (χ4v) is 2.59. The Hall–Kier alpha value is -1.03. The lowest BCUT2D eigenvalue weighted by Crippen LogP contribution is -2.23. The Bertz CT molecular complexity index is 618. The Kier molecular flexibility index (Phi) is 5.31. The molecule has 1 nitrogen and oxygen atoms in total. The molecule has 6 heteroatoms. The van der Waals surface area contributed by atoms with Crippen LogP contribution in [0.1, 0.15) is 11.1 Å². The molecule has 2 rings (SSSR count). The van der Waals surface area contributed by atoms with Crippen LogP contribution in [-0.2, 0) is 11.8 Å². The van der Waals surface area contributed by atoms with Crippen molar-refractivity contribution in [3.8, 4) is 5.75 Å². The third-order valence-electron chi connectivity index (χ3n) is 2.82. The lowest BCUT2D eigenvalue weighted by Gasteiger charge is -2.19. The number of hydrogen-bond donors (Lipinski definition) is 0. The van der Waals surface area contributed by atoms with E-state index >= 15 is 0 Å². The van der Waals surface area contributed by atoms with Gasteiger partial charge in [-0.1, -0.05) is 53.5 Å². The Balaban J connectivity index is 2.20.